The van der Waals surface area contributed by atoms with Gasteiger partial charge in [-0.3, -0.25) is 10.1 Å². The fourth-order valence-electron chi connectivity index (χ4n) is 1.78. The van der Waals surface area contributed by atoms with Gasteiger partial charge in [0.15, 0.2) is 0 Å². The van der Waals surface area contributed by atoms with Crippen LogP contribution in [0.4, 0.5) is 15.8 Å². The van der Waals surface area contributed by atoms with E-state index in [9.17, 15) is 19.3 Å². The normalized spacial score (nSPS) is 10.4. The number of thiophene rings is 1. The number of nitro benzene ring substituents is 1. The lowest BCUT2D eigenvalue weighted by Gasteiger charge is -2.08. The number of aryl methyl sites for hydroxylation is 1. The van der Waals surface area contributed by atoms with Crippen LogP contribution >= 0.6 is 11.3 Å². The van der Waals surface area contributed by atoms with Crippen molar-refractivity contribution in [3.63, 3.8) is 0 Å². The van der Waals surface area contributed by atoms with E-state index < -0.39 is 28.0 Å². The molecule has 110 valence electrons. The molecule has 0 saturated heterocycles. The molecule has 0 saturated carbocycles. The summed E-state index contributed by atoms with van der Waals surface area (Å²) in [7, 11) is 0. The van der Waals surface area contributed by atoms with E-state index >= 15 is 0 Å². The zero-order valence-corrected chi connectivity index (χ0v) is 11.7. The van der Waals surface area contributed by atoms with Crippen molar-refractivity contribution >= 4 is 28.7 Å². The molecule has 0 atom stereocenters. The monoisotopic (exact) mass is 310 g/mol. The largest absolute Gasteiger partial charge is 0.478 e. The summed E-state index contributed by atoms with van der Waals surface area (Å²) >= 11 is 1.47. The van der Waals surface area contributed by atoms with Crippen LogP contribution in [0.25, 0.3) is 0 Å². The van der Waals surface area contributed by atoms with Gasteiger partial charge in [0.2, 0.25) is 0 Å². The van der Waals surface area contributed by atoms with Crippen LogP contribution in [0.3, 0.4) is 0 Å². The lowest BCUT2D eigenvalue weighted by Crippen LogP contribution is -2.07. The molecule has 2 N–H and O–H groups in total. The van der Waals surface area contributed by atoms with Crippen LogP contribution in [0.2, 0.25) is 0 Å². The maximum Gasteiger partial charge on any atom is 0.338 e. The minimum atomic E-state index is -1.47. The Hall–Kier alpha value is -2.48. The van der Waals surface area contributed by atoms with Gasteiger partial charge in [0.05, 0.1) is 16.6 Å². The molecular weight excluding hydrogens is 299 g/mol. The molecule has 0 radical (unpaired) electrons. The maximum atomic E-state index is 13.5. The molecule has 0 aliphatic carbocycles. The second-order valence-corrected chi connectivity index (χ2v) is 5.29. The summed E-state index contributed by atoms with van der Waals surface area (Å²) in [6.45, 7) is 2.20. The minimum Gasteiger partial charge on any atom is -0.478 e. The van der Waals surface area contributed by atoms with Crippen molar-refractivity contribution in [2.24, 2.45) is 0 Å². The number of carbonyl (C=O) groups is 1. The predicted molar refractivity (Wildman–Crippen MR) is 76.4 cm³/mol. The van der Waals surface area contributed by atoms with Crippen molar-refractivity contribution in [3.05, 3.63) is 55.5 Å². The van der Waals surface area contributed by atoms with Crippen LogP contribution < -0.4 is 5.32 Å². The Morgan fingerprint density at radius 3 is 2.76 bits per heavy atom. The molecule has 6 nitrogen and oxygen atoms in total. The Kier molecular flexibility index (Phi) is 4.18. The Morgan fingerprint density at radius 1 is 1.52 bits per heavy atom. The van der Waals surface area contributed by atoms with Gasteiger partial charge >= 0.3 is 5.97 Å². The fraction of sp³-hybridized carbons (Fsp3) is 0.154. The lowest BCUT2D eigenvalue weighted by molar-refractivity contribution is -0.384. The number of rotatable bonds is 5. The highest BCUT2D eigenvalue weighted by molar-refractivity contribution is 7.10. The fourth-order valence-corrected chi connectivity index (χ4v) is 2.63. The van der Waals surface area contributed by atoms with Crippen molar-refractivity contribution < 1.29 is 19.2 Å². The molecule has 1 aromatic heterocycles. The molecule has 0 unspecified atom stereocenters. The summed E-state index contributed by atoms with van der Waals surface area (Å²) in [5.74, 6) is -2.61. The van der Waals surface area contributed by atoms with E-state index in [0.29, 0.717) is 12.6 Å². The first kappa shape index (κ1) is 14.9. The maximum absolute atomic E-state index is 13.5. The molecule has 0 aliphatic heterocycles. The number of halogens is 1. The first-order chi connectivity index (χ1) is 9.90. The molecule has 1 heterocycles. The average Bonchev–Trinajstić information content (AvgIpc) is 2.82. The minimum absolute atomic E-state index is 0.0217. The summed E-state index contributed by atoms with van der Waals surface area (Å²) in [6.07, 6.45) is 0. The van der Waals surface area contributed by atoms with Gasteiger partial charge in [0.25, 0.3) is 5.69 Å². The lowest BCUT2D eigenvalue weighted by atomic mass is 10.1. The van der Waals surface area contributed by atoms with Crippen molar-refractivity contribution in [1.82, 2.24) is 0 Å². The molecule has 2 aromatic rings. The molecule has 0 fully saturated rings. The van der Waals surface area contributed by atoms with Crippen molar-refractivity contribution in [2.75, 3.05) is 5.32 Å². The number of hydrogen-bond donors (Lipinski definition) is 2. The van der Waals surface area contributed by atoms with Crippen LogP contribution in [0.1, 0.15) is 20.8 Å². The highest BCUT2D eigenvalue weighted by Gasteiger charge is 2.21. The van der Waals surface area contributed by atoms with Gasteiger partial charge in [0.1, 0.15) is 11.5 Å². The number of hydrogen-bond acceptors (Lipinski definition) is 5. The Balaban J connectivity index is 2.36. The van der Waals surface area contributed by atoms with Gasteiger partial charge in [0, 0.05) is 11.4 Å². The number of anilines is 1. The Morgan fingerprint density at radius 2 is 2.24 bits per heavy atom. The number of nitrogens with one attached hydrogen (secondary N) is 1. The third-order valence-electron chi connectivity index (χ3n) is 2.92. The third-order valence-corrected chi connectivity index (χ3v) is 3.94. The van der Waals surface area contributed by atoms with Crippen molar-refractivity contribution in [2.45, 2.75) is 13.5 Å². The zero-order chi connectivity index (χ0) is 15.6. The van der Waals surface area contributed by atoms with E-state index in [0.717, 1.165) is 16.5 Å². The highest BCUT2D eigenvalue weighted by atomic mass is 32.1. The van der Waals surface area contributed by atoms with Crippen LogP contribution in [-0.4, -0.2) is 16.0 Å². The summed E-state index contributed by atoms with van der Waals surface area (Å²) in [5.41, 5.74) is -0.0972. The van der Waals surface area contributed by atoms with E-state index in [1.807, 2.05) is 18.4 Å². The molecule has 2 rings (SSSR count). The molecule has 0 aliphatic rings. The Labute approximate surface area is 123 Å². The second-order valence-electron chi connectivity index (χ2n) is 4.29. The number of nitrogens with zero attached hydrogens (tertiary/aromatic N) is 1. The first-order valence-corrected chi connectivity index (χ1v) is 6.76. The van der Waals surface area contributed by atoms with Gasteiger partial charge in [-0.1, -0.05) is 0 Å². The predicted octanol–water partition coefficient (Wildman–Crippen LogP) is 3.41. The number of aromatic carboxylic acids is 1. The van der Waals surface area contributed by atoms with E-state index in [1.165, 1.54) is 11.3 Å². The average molecular weight is 310 g/mol. The van der Waals surface area contributed by atoms with E-state index in [2.05, 4.69) is 5.32 Å². The SMILES string of the molecule is Cc1ccsc1CNc1cc(C(=O)O)c(F)cc1[N+](=O)[O-]. The molecule has 21 heavy (non-hydrogen) atoms. The number of carboxylic acid groups (broad SMARTS) is 1. The standard InChI is InChI=1S/C13H11FN2O4S/c1-7-2-3-21-12(7)6-15-10-4-8(13(17)18)9(14)5-11(10)16(19)20/h2-5,15H,6H2,1H3,(H,17,18). The number of nitro groups is 1. The number of benzene rings is 1. The first-order valence-electron chi connectivity index (χ1n) is 5.88. The number of carboxylic acids is 1. The highest BCUT2D eigenvalue weighted by Crippen LogP contribution is 2.29. The molecule has 0 bridgehead atoms. The van der Waals surface area contributed by atoms with Gasteiger partial charge in [-0.05, 0) is 30.0 Å². The topological polar surface area (TPSA) is 92.5 Å². The molecule has 8 heteroatoms. The molecule has 0 amide bonds. The summed E-state index contributed by atoms with van der Waals surface area (Å²) in [5, 5.41) is 24.5. The van der Waals surface area contributed by atoms with E-state index in [1.54, 1.807) is 0 Å². The molecular formula is C13H11FN2O4S. The van der Waals surface area contributed by atoms with Gasteiger partial charge < -0.3 is 10.4 Å². The second kappa shape index (κ2) is 5.88. The van der Waals surface area contributed by atoms with Crippen LogP contribution in [0.15, 0.2) is 23.6 Å². The van der Waals surface area contributed by atoms with Crippen LogP contribution in [0.5, 0.6) is 0 Å². The zero-order valence-electron chi connectivity index (χ0n) is 10.9. The van der Waals surface area contributed by atoms with Gasteiger partial charge in [-0.25, -0.2) is 9.18 Å². The van der Waals surface area contributed by atoms with E-state index in [4.69, 9.17) is 5.11 Å². The third kappa shape index (κ3) is 3.16. The molecule has 1 aromatic carbocycles. The van der Waals surface area contributed by atoms with Crippen LogP contribution in [-0.2, 0) is 6.54 Å². The quantitative estimate of drug-likeness (QED) is 0.652. The van der Waals surface area contributed by atoms with Gasteiger partial charge in [-0.2, -0.15) is 0 Å². The summed E-state index contributed by atoms with van der Waals surface area (Å²) in [4.78, 5) is 22.1. The van der Waals surface area contributed by atoms with Crippen molar-refractivity contribution in [1.29, 1.82) is 0 Å². The van der Waals surface area contributed by atoms with E-state index in [-0.39, 0.29) is 5.69 Å². The molecule has 0 spiro atoms. The summed E-state index contributed by atoms with van der Waals surface area (Å²) < 4.78 is 13.5. The summed E-state index contributed by atoms with van der Waals surface area (Å²) in [6, 6.07) is 3.47. The smallest absolute Gasteiger partial charge is 0.338 e. The van der Waals surface area contributed by atoms with Crippen LogP contribution in [0, 0.1) is 22.9 Å². The van der Waals surface area contributed by atoms with Crippen molar-refractivity contribution in [3.8, 4) is 0 Å². The Bertz CT molecular complexity index is 714. The van der Waals surface area contributed by atoms with Gasteiger partial charge in [-0.15, -0.1) is 11.3 Å².